The van der Waals surface area contributed by atoms with Crippen molar-refractivity contribution in [3.05, 3.63) is 28.8 Å². The molecule has 0 spiro atoms. The van der Waals surface area contributed by atoms with Crippen LogP contribution >= 0.6 is 11.6 Å². The molecule has 2 rings (SSSR count). The van der Waals surface area contributed by atoms with Crippen molar-refractivity contribution in [2.24, 2.45) is 5.41 Å². The van der Waals surface area contributed by atoms with Gasteiger partial charge in [0.25, 0.3) is 0 Å². The molecule has 1 aromatic carbocycles. The molecule has 1 aliphatic rings. The lowest BCUT2D eigenvalue weighted by Crippen LogP contribution is -2.33. The lowest BCUT2D eigenvalue weighted by atomic mass is 9.92. The summed E-state index contributed by atoms with van der Waals surface area (Å²) in [6.07, 6.45) is 2.65. The molecule has 4 nitrogen and oxygen atoms in total. The van der Waals surface area contributed by atoms with Crippen molar-refractivity contribution in [2.75, 3.05) is 0 Å². The second-order valence-electron chi connectivity index (χ2n) is 5.98. The van der Waals surface area contributed by atoms with Gasteiger partial charge >= 0.3 is 0 Å². The Kier molecular flexibility index (Phi) is 4.10. The summed E-state index contributed by atoms with van der Waals surface area (Å²) in [6.45, 7) is 4.27. The Morgan fingerprint density at radius 2 is 2.15 bits per heavy atom. The molecule has 0 radical (unpaired) electrons. The minimum atomic E-state index is -3.64. The SMILES string of the molecule is CC1(C)CCC(NS(=O)(=O)c2ccc(C#N)cc2Cl)C1. The van der Waals surface area contributed by atoms with Gasteiger partial charge in [-0.2, -0.15) is 5.26 Å². The zero-order valence-corrected chi connectivity index (χ0v) is 13.1. The third-order valence-corrected chi connectivity index (χ3v) is 5.64. The van der Waals surface area contributed by atoms with Crippen LogP contribution in [0.15, 0.2) is 23.1 Å². The lowest BCUT2D eigenvalue weighted by Gasteiger charge is -2.18. The van der Waals surface area contributed by atoms with E-state index < -0.39 is 10.0 Å². The maximum atomic E-state index is 12.3. The van der Waals surface area contributed by atoms with Crippen molar-refractivity contribution >= 4 is 21.6 Å². The summed E-state index contributed by atoms with van der Waals surface area (Å²) in [7, 11) is -3.64. The Bertz CT molecular complexity index is 662. The van der Waals surface area contributed by atoms with Gasteiger partial charge in [-0.05, 0) is 42.9 Å². The molecule has 20 heavy (non-hydrogen) atoms. The summed E-state index contributed by atoms with van der Waals surface area (Å²) in [6, 6.07) is 6.08. The smallest absolute Gasteiger partial charge is 0.208 e. The van der Waals surface area contributed by atoms with E-state index in [0.29, 0.717) is 5.56 Å². The first kappa shape index (κ1) is 15.3. The maximum Gasteiger partial charge on any atom is 0.242 e. The van der Waals surface area contributed by atoms with E-state index in [4.69, 9.17) is 16.9 Å². The van der Waals surface area contributed by atoms with E-state index in [-0.39, 0.29) is 21.4 Å². The van der Waals surface area contributed by atoms with Crippen LogP contribution in [0.3, 0.4) is 0 Å². The first-order valence-electron chi connectivity index (χ1n) is 6.45. The van der Waals surface area contributed by atoms with Crippen molar-refractivity contribution in [3.63, 3.8) is 0 Å². The fraction of sp³-hybridized carbons (Fsp3) is 0.500. The zero-order valence-electron chi connectivity index (χ0n) is 11.5. The first-order valence-corrected chi connectivity index (χ1v) is 8.32. The second kappa shape index (κ2) is 5.36. The molecular formula is C14H17ClN2O2S. The molecule has 0 saturated heterocycles. The normalized spacial score (nSPS) is 21.6. The van der Waals surface area contributed by atoms with Crippen LogP contribution in [-0.4, -0.2) is 14.5 Å². The third kappa shape index (κ3) is 3.32. The Hall–Kier alpha value is -1.09. The van der Waals surface area contributed by atoms with Gasteiger partial charge in [-0.15, -0.1) is 0 Å². The number of nitriles is 1. The topological polar surface area (TPSA) is 70.0 Å². The van der Waals surface area contributed by atoms with Gasteiger partial charge in [0.05, 0.1) is 16.7 Å². The largest absolute Gasteiger partial charge is 0.242 e. The Morgan fingerprint density at radius 1 is 1.45 bits per heavy atom. The molecule has 0 bridgehead atoms. The van der Waals surface area contributed by atoms with Gasteiger partial charge in [-0.1, -0.05) is 25.4 Å². The highest BCUT2D eigenvalue weighted by atomic mass is 35.5. The number of sulfonamides is 1. The Balaban J connectivity index is 2.22. The van der Waals surface area contributed by atoms with E-state index in [1.807, 2.05) is 6.07 Å². The van der Waals surface area contributed by atoms with Gasteiger partial charge < -0.3 is 0 Å². The minimum Gasteiger partial charge on any atom is -0.208 e. The van der Waals surface area contributed by atoms with Crippen molar-refractivity contribution in [1.82, 2.24) is 4.72 Å². The molecule has 1 aromatic rings. The van der Waals surface area contributed by atoms with Crippen molar-refractivity contribution < 1.29 is 8.42 Å². The molecule has 1 saturated carbocycles. The number of benzene rings is 1. The number of nitrogens with zero attached hydrogens (tertiary/aromatic N) is 1. The average Bonchev–Trinajstić information content (AvgIpc) is 2.67. The number of hydrogen-bond donors (Lipinski definition) is 1. The fourth-order valence-corrected chi connectivity index (χ4v) is 4.42. The fourth-order valence-electron chi connectivity index (χ4n) is 2.61. The Morgan fingerprint density at radius 3 is 2.65 bits per heavy atom. The summed E-state index contributed by atoms with van der Waals surface area (Å²) in [4.78, 5) is 0.0304. The van der Waals surface area contributed by atoms with Gasteiger partial charge in [-0.3, -0.25) is 0 Å². The highest BCUT2D eigenvalue weighted by Crippen LogP contribution is 2.37. The van der Waals surface area contributed by atoms with E-state index in [1.165, 1.54) is 18.2 Å². The monoisotopic (exact) mass is 312 g/mol. The van der Waals surface area contributed by atoms with E-state index >= 15 is 0 Å². The van der Waals surface area contributed by atoms with Crippen molar-refractivity contribution in [1.29, 1.82) is 5.26 Å². The summed E-state index contributed by atoms with van der Waals surface area (Å²) in [5.41, 5.74) is 0.512. The summed E-state index contributed by atoms with van der Waals surface area (Å²) in [5, 5.41) is 8.85. The van der Waals surface area contributed by atoms with Gasteiger partial charge in [0.1, 0.15) is 4.90 Å². The number of rotatable bonds is 3. The Labute approximate surface area is 124 Å². The maximum absolute atomic E-state index is 12.3. The van der Waals surface area contributed by atoms with Gasteiger partial charge in [0.15, 0.2) is 0 Å². The van der Waals surface area contributed by atoms with Gasteiger partial charge in [0, 0.05) is 6.04 Å². The van der Waals surface area contributed by atoms with Crippen LogP contribution < -0.4 is 4.72 Å². The van der Waals surface area contributed by atoms with Crippen LogP contribution in [0.1, 0.15) is 38.7 Å². The van der Waals surface area contributed by atoms with E-state index in [0.717, 1.165) is 19.3 Å². The van der Waals surface area contributed by atoms with Crippen LogP contribution in [0.25, 0.3) is 0 Å². The minimum absolute atomic E-state index is 0.0304. The van der Waals surface area contributed by atoms with Crippen molar-refractivity contribution in [3.8, 4) is 6.07 Å². The van der Waals surface area contributed by atoms with Crippen LogP contribution in [0.5, 0.6) is 0 Å². The first-order chi connectivity index (χ1) is 9.23. The highest BCUT2D eigenvalue weighted by molar-refractivity contribution is 7.89. The molecule has 0 heterocycles. The standard InChI is InChI=1S/C14H17ClN2O2S/c1-14(2)6-5-11(8-14)17-20(18,19)13-4-3-10(9-16)7-12(13)15/h3-4,7,11,17H,5-6,8H2,1-2H3. The predicted octanol–water partition coefficient (Wildman–Crippen LogP) is 3.07. The molecule has 1 unspecified atom stereocenters. The van der Waals surface area contributed by atoms with Crippen LogP contribution in [-0.2, 0) is 10.0 Å². The average molecular weight is 313 g/mol. The van der Waals surface area contributed by atoms with Crippen LogP contribution in [0.4, 0.5) is 0 Å². The molecule has 6 heteroatoms. The lowest BCUT2D eigenvalue weighted by molar-refractivity contribution is 0.372. The molecule has 0 amide bonds. The molecular weight excluding hydrogens is 296 g/mol. The van der Waals surface area contributed by atoms with E-state index in [2.05, 4.69) is 18.6 Å². The molecule has 0 aromatic heterocycles. The van der Waals surface area contributed by atoms with E-state index in [9.17, 15) is 8.42 Å². The van der Waals surface area contributed by atoms with Crippen molar-refractivity contribution in [2.45, 2.75) is 44.0 Å². The van der Waals surface area contributed by atoms with Gasteiger partial charge in [-0.25, -0.2) is 13.1 Å². The number of nitrogens with one attached hydrogen (secondary N) is 1. The summed E-state index contributed by atoms with van der Waals surface area (Å²) >= 11 is 5.96. The zero-order chi connectivity index (χ0) is 15.0. The predicted molar refractivity (Wildman–Crippen MR) is 77.9 cm³/mol. The molecule has 1 atom stereocenters. The molecule has 1 fully saturated rings. The van der Waals surface area contributed by atoms with Gasteiger partial charge in [0.2, 0.25) is 10.0 Å². The number of hydrogen-bond acceptors (Lipinski definition) is 3. The van der Waals surface area contributed by atoms with Crippen LogP contribution in [0, 0.1) is 16.7 Å². The molecule has 0 aliphatic heterocycles. The van der Waals surface area contributed by atoms with Crippen LogP contribution in [0.2, 0.25) is 5.02 Å². The highest BCUT2D eigenvalue weighted by Gasteiger charge is 2.33. The summed E-state index contributed by atoms with van der Waals surface area (Å²) < 4.78 is 27.4. The van der Waals surface area contributed by atoms with E-state index in [1.54, 1.807) is 0 Å². The number of halogens is 1. The molecule has 108 valence electrons. The summed E-state index contributed by atoms with van der Waals surface area (Å²) in [5.74, 6) is 0. The second-order valence-corrected chi connectivity index (χ2v) is 8.07. The molecule has 1 aliphatic carbocycles. The molecule has 1 N–H and O–H groups in total. The third-order valence-electron chi connectivity index (χ3n) is 3.64. The quantitative estimate of drug-likeness (QED) is 0.932.